The van der Waals surface area contributed by atoms with Gasteiger partial charge in [-0.2, -0.15) is 0 Å². The minimum atomic E-state index is -0.833. The summed E-state index contributed by atoms with van der Waals surface area (Å²) in [5, 5.41) is 0.903. The van der Waals surface area contributed by atoms with E-state index in [1.165, 1.54) is 17.4 Å². The Morgan fingerprint density at radius 2 is 2.00 bits per heavy atom. The van der Waals surface area contributed by atoms with Crippen molar-refractivity contribution in [3.8, 4) is 0 Å². The molecule has 1 heterocycles. The first-order valence-corrected chi connectivity index (χ1v) is 4.77. The van der Waals surface area contributed by atoms with E-state index in [0.29, 0.717) is 10.2 Å². The number of halogens is 2. The van der Waals surface area contributed by atoms with Crippen molar-refractivity contribution >= 4 is 21.6 Å². The highest BCUT2D eigenvalue weighted by atomic mass is 32.1. The maximum atomic E-state index is 12.8. The summed E-state index contributed by atoms with van der Waals surface area (Å²) in [4.78, 5) is 4.14. The third kappa shape index (κ3) is 1.42. The lowest BCUT2D eigenvalue weighted by Crippen LogP contribution is -1.82. The van der Waals surface area contributed by atoms with Crippen molar-refractivity contribution in [3.63, 3.8) is 0 Å². The highest BCUT2D eigenvalue weighted by Crippen LogP contribution is 2.24. The molecule has 0 fully saturated rings. The third-order valence-corrected chi connectivity index (χ3v) is 2.94. The van der Waals surface area contributed by atoms with Crippen LogP contribution in [0.2, 0.25) is 0 Å². The predicted octanol–water partition coefficient (Wildman–Crippen LogP) is 3.14. The number of hydrogen-bond acceptors (Lipinski definition) is 2. The molecule has 1 nitrogen and oxygen atoms in total. The number of thiazole rings is 1. The topological polar surface area (TPSA) is 12.9 Å². The van der Waals surface area contributed by atoms with Gasteiger partial charge in [0, 0.05) is 6.07 Å². The van der Waals surface area contributed by atoms with Crippen LogP contribution in [0.25, 0.3) is 10.2 Å². The molecule has 68 valence electrons. The molecule has 0 amide bonds. The molecular formula is C9H7F2NS. The minimum Gasteiger partial charge on any atom is -0.241 e. The quantitative estimate of drug-likeness (QED) is 0.687. The van der Waals surface area contributed by atoms with Crippen molar-refractivity contribution in [2.75, 3.05) is 0 Å². The summed E-state index contributed by atoms with van der Waals surface area (Å²) in [5.74, 6) is -1.64. The van der Waals surface area contributed by atoms with Crippen molar-refractivity contribution in [2.45, 2.75) is 13.3 Å². The number of aryl methyl sites for hydroxylation is 1. The zero-order valence-electron chi connectivity index (χ0n) is 6.97. The van der Waals surface area contributed by atoms with E-state index in [-0.39, 0.29) is 0 Å². The van der Waals surface area contributed by atoms with Gasteiger partial charge in [-0.3, -0.25) is 0 Å². The molecule has 4 heteroatoms. The Kier molecular flexibility index (Phi) is 2.00. The lowest BCUT2D eigenvalue weighted by Gasteiger charge is -1.90. The van der Waals surface area contributed by atoms with Crippen molar-refractivity contribution in [1.29, 1.82) is 0 Å². The van der Waals surface area contributed by atoms with Gasteiger partial charge >= 0.3 is 0 Å². The Hall–Kier alpha value is -1.03. The van der Waals surface area contributed by atoms with Gasteiger partial charge in [0.15, 0.2) is 11.6 Å². The smallest absolute Gasteiger partial charge is 0.161 e. The molecule has 0 aliphatic carbocycles. The number of rotatable bonds is 1. The van der Waals surface area contributed by atoms with Crippen LogP contribution in [0.15, 0.2) is 12.1 Å². The fraction of sp³-hybridized carbons (Fsp3) is 0.222. The Balaban J connectivity index is 2.70. The molecule has 0 atom stereocenters. The molecule has 0 spiro atoms. The van der Waals surface area contributed by atoms with Crippen LogP contribution in [-0.4, -0.2) is 4.98 Å². The van der Waals surface area contributed by atoms with E-state index in [4.69, 9.17) is 0 Å². The number of nitrogens with zero attached hydrogens (tertiary/aromatic N) is 1. The van der Waals surface area contributed by atoms with Crippen LogP contribution in [0.3, 0.4) is 0 Å². The molecule has 0 saturated heterocycles. The van der Waals surface area contributed by atoms with Gasteiger partial charge in [0.1, 0.15) is 0 Å². The van der Waals surface area contributed by atoms with Crippen LogP contribution in [0.4, 0.5) is 8.78 Å². The summed E-state index contributed by atoms with van der Waals surface area (Å²) in [6, 6.07) is 2.34. The molecule has 0 aliphatic rings. The molecule has 2 aromatic rings. The van der Waals surface area contributed by atoms with Gasteiger partial charge in [-0.1, -0.05) is 6.92 Å². The van der Waals surface area contributed by atoms with E-state index in [0.717, 1.165) is 17.5 Å². The molecule has 0 saturated carbocycles. The van der Waals surface area contributed by atoms with Gasteiger partial charge in [-0.25, -0.2) is 13.8 Å². The van der Waals surface area contributed by atoms with Crippen molar-refractivity contribution < 1.29 is 8.78 Å². The fourth-order valence-corrected chi connectivity index (χ4v) is 2.04. The Morgan fingerprint density at radius 1 is 1.31 bits per heavy atom. The lowest BCUT2D eigenvalue weighted by atomic mass is 10.3. The Morgan fingerprint density at radius 3 is 2.69 bits per heavy atom. The second kappa shape index (κ2) is 3.03. The van der Waals surface area contributed by atoms with Crippen LogP contribution in [-0.2, 0) is 6.42 Å². The van der Waals surface area contributed by atoms with E-state index >= 15 is 0 Å². The van der Waals surface area contributed by atoms with E-state index in [2.05, 4.69) is 4.98 Å². The number of hydrogen-bond donors (Lipinski definition) is 0. The summed E-state index contributed by atoms with van der Waals surface area (Å²) in [5.41, 5.74) is 0.542. The second-order valence-corrected chi connectivity index (χ2v) is 3.81. The lowest BCUT2D eigenvalue weighted by molar-refractivity contribution is 0.511. The molecule has 1 aromatic carbocycles. The van der Waals surface area contributed by atoms with Crippen LogP contribution in [0.5, 0.6) is 0 Å². The first-order chi connectivity index (χ1) is 6.20. The molecule has 13 heavy (non-hydrogen) atoms. The highest BCUT2D eigenvalue weighted by molar-refractivity contribution is 7.18. The van der Waals surface area contributed by atoms with E-state index in [1.54, 1.807) is 0 Å². The van der Waals surface area contributed by atoms with Crippen molar-refractivity contribution in [3.05, 3.63) is 28.8 Å². The SMILES string of the molecule is CCc1nc2cc(F)c(F)cc2s1. The van der Waals surface area contributed by atoms with Gasteiger partial charge in [0.25, 0.3) is 0 Å². The van der Waals surface area contributed by atoms with Crippen LogP contribution < -0.4 is 0 Å². The monoisotopic (exact) mass is 199 g/mol. The zero-order chi connectivity index (χ0) is 9.42. The van der Waals surface area contributed by atoms with Gasteiger partial charge in [-0.15, -0.1) is 11.3 Å². The largest absolute Gasteiger partial charge is 0.241 e. The summed E-state index contributed by atoms with van der Waals surface area (Å²) in [7, 11) is 0. The highest BCUT2D eigenvalue weighted by Gasteiger charge is 2.07. The first kappa shape index (κ1) is 8.56. The van der Waals surface area contributed by atoms with Crippen molar-refractivity contribution in [2.24, 2.45) is 0 Å². The standard InChI is InChI=1S/C9H7F2NS/c1-2-9-12-7-3-5(10)6(11)4-8(7)13-9/h3-4H,2H2,1H3. The van der Waals surface area contributed by atoms with E-state index in [1.807, 2.05) is 6.92 Å². The second-order valence-electron chi connectivity index (χ2n) is 2.70. The van der Waals surface area contributed by atoms with E-state index in [9.17, 15) is 8.78 Å². The Labute approximate surface area is 78.0 Å². The third-order valence-electron chi connectivity index (χ3n) is 1.78. The maximum absolute atomic E-state index is 12.8. The molecule has 0 N–H and O–H groups in total. The first-order valence-electron chi connectivity index (χ1n) is 3.95. The maximum Gasteiger partial charge on any atom is 0.161 e. The molecule has 0 bridgehead atoms. The Bertz CT molecular complexity index is 411. The van der Waals surface area contributed by atoms with Gasteiger partial charge < -0.3 is 0 Å². The summed E-state index contributed by atoms with van der Waals surface area (Å²) < 4.78 is 26.2. The number of fused-ring (bicyclic) bond motifs is 1. The normalized spacial score (nSPS) is 11.0. The molecule has 1 aromatic heterocycles. The number of benzene rings is 1. The molecular weight excluding hydrogens is 192 g/mol. The molecule has 0 unspecified atom stereocenters. The van der Waals surface area contributed by atoms with Crippen LogP contribution >= 0.6 is 11.3 Å². The van der Waals surface area contributed by atoms with Gasteiger partial charge in [0.05, 0.1) is 15.2 Å². The molecule has 2 rings (SSSR count). The average Bonchev–Trinajstić information content (AvgIpc) is 2.48. The van der Waals surface area contributed by atoms with Gasteiger partial charge in [-0.05, 0) is 12.5 Å². The zero-order valence-corrected chi connectivity index (χ0v) is 7.79. The molecule has 0 aliphatic heterocycles. The molecule has 0 radical (unpaired) electrons. The summed E-state index contributed by atoms with van der Waals surface area (Å²) >= 11 is 1.40. The minimum absolute atomic E-state index is 0.542. The van der Waals surface area contributed by atoms with Gasteiger partial charge in [0.2, 0.25) is 0 Å². The fourth-order valence-electron chi connectivity index (χ4n) is 1.12. The van der Waals surface area contributed by atoms with Crippen LogP contribution in [0.1, 0.15) is 11.9 Å². The summed E-state index contributed by atoms with van der Waals surface area (Å²) in [6.45, 7) is 1.96. The number of aromatic nitrogens is 1. The predicted molar refractivity (Wildman–Crippen MR) is 48.9 cm³/mol. The van der Waals surface area contributed by atoms with Crippen molar-refractivity contribution in [1.82, 2.24) is 4.98 Å². The average molecular weight is 199 g/mol. The van der Waals surface area contributed by atoms with Crippen LogP contribution in [0, 0.1) is 11.6 Å². The summed E-state index contributed by atoms with van der Waals surface area (Å²) in [6.07, 6.45) is 0.794. The van der Waals surface area contributed by atoms with E-state index < -0.39 is 11.6 Å².